The van der Waals surface area contributed by atoms with Crippen LogP contribution in [0.3, 0.4) is 0 Å². The van der Waals surface area contributed by atoms with Gasteiger partial charge in [0.2, 0.25) is 11.8 Å². The van der Waals surface area contributed by atoms with Crippen molar-refractivity contribution in [3.8, 4) is 0 Å². The summed E-state index contributed by atoms with van der Waals surface area (Å²) in [5.41, 5.74) is 7.80. The smallest absolute Gasteiger partial charge is 0.326 e. The van der Waals surface area contributed by atoms with Crippen molar-refractivity contribution in [3.63, 3.8) is 0 Å². The Hall–Kier alpha value is -3.40. The van der Waals surface area contributed by atoms with E-state index in [0.29, 0.717) is 0 Å². The summed E-state index contributed by atoms with van der Waals surface area (Å²) in [7, 11) is 0. The Morgan fingerprint density at radius 1 is 1.07 bits per heavy atom. The number of aromatic amines is 1. The molecule has 0 bridgehead atoms. The summed E-state index contributed by atoms with van der Waals surface area (Å²) in [4.78, 5) is 50.2. The van der Waals surface area contributed by atoms with E-state index in [9.17, 15) is 19.2 Å². The Balaban J connectivity index is 2.05. The van der Waals surface area contributed by atoms with E-state index in [1.54, 1.807) is 20.0 Å². The molecule has 0 fully saturated rings. The van der Waals surface area contributed by atoms with Gasteiger partial charge in [-0.2, -0.15) is 0 Å². The van der Waals surface area contributed by atoms with Gasteiger partial charge in [0.1, 0.15) is 12.1 Å². The SMILES string of the molecule is CC(C)[C@H](NC(=O)[C@@H](N)Cc1c[nH]c2ccccc12)C(=O)N[C@@H](CC(=O)O)C(=O)O. The molecule has 7 N–H and O–H groups in total. The maximum atomic E-state index is 12.6. The second kappa shape index (κ2) is 9.88. The number of aromatic nitrogens is 1. The van der Waals surface area contributed by atoms with E-state index in [0.717, 1.165) is 16.5 Å². The topological polar surface area (TPSA) is 175 Å². The van der Waals surface area contributed by atoms with E-state index in [1.165, 1.54) is 0 Å². The van der Waals surface area contributed by atoms with E-state index in [1.807, 2.05) is 24.3 Å². The molecule has 2 rings (SSSR count). The normalized spacial score (nSPS) is 14.1. The van der Waals surface area contributed by atoms with E-state index >= 15 is 0 Å². The number of carboxylic acids is 2. The average Bonchev–Trinajstić information content (AvgIpc) is 3.07. The van der Waals surface area contributed by atoms with Gasteiger partial charge in [-0.1, -0.05) is 32.0 Å². The summed E-state index contributed by atoms with van der Waals surface area (Å²) in [6.45, 7) is 3.34. The molecular formula is C20H26N4O6. The predicted octanol–water partition coefficient (Wildman–Crippen LogP) is 0.223. The molecule has 10 heteroatoms. The zero-order valence-corrected chi connectivity index (χ0v) is 16.7. The molecule has 2 aromatic rings. The van der Waals surface area contributed by atoms with Crippen molar-refractivity contribution in [2.45, 2.75) is 44.8 Å². The van der Waals surface area contributed by atoms with Gasteiger partial charge in [-0.05, 0) is 24.0 Å². The minimum atomic E-state index is -1.60. The lowest BCUT2D eigenvalue weighted by Crippen LogP contribution is -2.56. The molecular weight excluding hydrogens is 392 g/mol. The molecule has 0 aliphatic rings. The van der Waals surface area contributed by atoms with Gasteiger partial charge >= 0.3 is 11.9 Å². The summed E-state index contributed by atoms with van der Waals surface area (Å²) in [6.07, 6.45) is 1.23. The highest BCUT2D eigenvalue weighted by Crippen LogP contribution is 2.18. The lowest BCUT2D eigenvalue weighted by molar-refractivity contribution is -0.147. The summed E-state index contributed by atoms with van der Waals surface area (Å²) >= 11 is 0. The second-order valence-corrected chi connectivity index (χ2v) is 7.40. The largest absolute Gasteiger partial charge is 0.481 e. The predicted molar refractivity (Wildman–Crippen MR) is 109 cm³/mol. The monoisotopic (exact) mass is 418 g/mol. The van der Waals surface area contributed by atoms with Crippen LogP contribution in [0.2, 0.25) is 0 Å². The molecule has 0 saturated heterocycles. The molecule has 3 atom stereocenters. The van der Waals surface area contributed by atoms with Crippen molar-refractivity contribution in [3.05, 3.63) is 36.0 Å². The zero-order chi connectivity index (χ0) is 22.4. The number of H-pyrrole nitrogens is 1. The van der Waals surface area contributed by atoms with Crippen molar-refractivity contribution in [1.29, 1.82) is 0 Å². The Kier molecular flexibility index (Phi) is 7.54. The Morgan fingerprint density at radius 2 is 1.73 bits per heavy atom. The zero-order valence-electron chi connectivity index (χ0n) is 16.7. The van der Waals surface area contributed by atoms with Gasteiger partial charge in [-0.3, -0.25) is 14.4 Å². The first-order valence-corrected chi connectivity index (χ1v) is 9.46. The number of para-hydroxylation sites is 1. The molecule has 0 saturated carbocycles. The molecule has 0 radical (unpaired) electrons. The van der Waals surface area contributed by atoms with Crippen molar-refractivity contribution >= 4 is 34.7 Å². The number of carbonyl (C=O) groups is 4. The number of carboxylic acid groups (broad SMARTS) is 2. The highest BCUT2D eigenvalue weighted by atomic mass is 16.4. The molecule has 0 aliphatic heterocycles. The number of carbonyl (C=O) groups excluding carboxylic acids is 2. The van der Waals surface area contributed by atoms with E-state index in [2.05, 4.69) is 15.6 Å². The van der Waals surface area contributed by atoms with Crippen molar-refractivity contribution < 1.29 is 29.4 Å². The summed E-state index contributed by atoms with van der Waals surface area (Å²) in [6, 6.07) is 3.96. The van der Waals surface area contributed by atoms with Crippen LogP contribution in [-0.2, 0) is 25.6 Å². The molecule has 0 aliphatic carbocycles. The average molecular weight is 418 g/mol. The molecule has 30 heavy (non-hydrogen) atoms. The highest BCUT2D eigenvalue weighted by molar-refractivity contribution is 5.93. The van der Waals surface area contributed by atoms with Gasteiger partial charge in [-0.15, -0.1) is 0 Å². The number of aliphatic carboxylic acids is 2. The molecule has 2 amide bonds. The van der Waals surface area contributed by atoms with Gasteiger partial charge in [0, 0.05) is 17.1 Å². The maximum absolute atomic E-state index is 12.6. The van der Waals surface area contributed by atoms with E-state index in [-0.39, 0.29) is 12.3 Å². The number of nitrogens with two attached hydrogens (primary N) is 1. The first kappa shape index (κ1) is 22.9. The molecule has 162 valence electrons. The van der Waals surface area contributed by atoms with Crippen LogP contribution in [0, 0.1) is 5.92 Å². The van der Waals surface area contributed by atoms with Crippen molar-refractivity contribution in [2.24, 2.45) is 11.7 Å². The summed E-state index contributed by atoms with van der Waals surface area (Å²) in [5, 5.41) is 23.6. The number of rotatable bonds is 10. The third-order valence-electron chi connectivity index (χ3n) is 4.69. The van der Waals surface area contributed by atoms with Gasteiger partial charge in [0.05, 0.1) is 12.5 Å². The molecule has 0 spiro atoms. The Labute approximate surface area is 172 Å². The van der Waals surface area contributed by atoms with Crippen LogP contribution >= 0.6 is 0 Å². The number of nitrogens with one attached hydrogen (secondary N) is 3. The first-order chi connectivity index (χ1) is 14.1. The fourth-order valence-electron chi connectivity index (χ4n) is 3.06. The third kappa shape index (κ3) is 5.80. The first-order valence-electron chi connectivity index (χ1n) is 9.46. The van der Waals surface area contributed by atoms with E-state index < -0.39 is 48.3 Å². The molecule has 1 heterocycles. The van der Waals surface area contributed by atoms with Crippen LogP contribution in [0.1, 0.15) is 25.8 Å². The summed E-state index contributed by atoms with van der Waals surface area (Å²) < 4.78 is 0. The van der Waals surface area contributed by atoms with Gasteiger partial charge in [0.25, 0.3) is 0 Å². The number of fused-ring (bicyclic) bond motifs is 1. The third-order valence-corrected chi connectivity index (χ3v) is 4.69. The van der Waals surface area contributed by atoms with Crippen LogP contribution in [0.25, 0.3) is 10.9 Å². The standard InChI is InChI=1S/C20H26N4O6/c1-10(2)17(19(28)23-15(20(29)30)8-16(25)26)24-18(27)13(21)7-11-9-22-14-6-4-3-5-12(11)14/h3-6,9-10,13,15,17,22H,7-8,21H2,1-2H3,(H,23,28)(H,24,27)(H,25,26)(H,29,30)/t13-,15-,17-/m0/s1. The fraction of sp³-hybridized carbons (Fsp3) is 0.400. The lowest BCUT2D eigenvalue weighted by atomic mass is 10.0. The lowest BCUT2D eigenvalue weighted by Gasteiger charge is -2.25. The van der Waals surface area contributed by atoms with Crippen LogP contribution in [0.5, 0.6) is 0 Å². The quantitative estimate of drug-likeness (QED) is 0.320. The van der Waals surface area contributed by atoms with Crippen LogP contribution in [-0.4, -0.2) is 57.1 Å². The number of hydrogen-bond donors (Lipinski definition) is 6. The molecule has 0 unspecified atom stereocenters. The minimum Gasteiger partial charge on any atom is -0.481 e. The number of hydrogen-bond acceptors (Lipinski definition) is 5. The van der Waals surface area contributed by atoms with E-state index in [4.69, 9.17) is 15.9 Å². The number of amides is 2. The summed E-state index contributed by atoms with van der Waals surface area (Å²) in [5.74, 6) is -4.58. The maximum Gasteiger partial charge on any atom is 0.326 e. The molecule has 1 aromatic carbocycles. The van der Waals surface area contributed by atoms with Gasteiger partial charge < -0.3 is 31.6 Å². The fourth-order valence-corrected chi connectivity index (χ4v) is 3.06. The van der Waals surface area contributed by atoms with Crippen LogP contribution in [0.15, 0.2) is 30.5 Å². The van der Waals surface area contributed by atoms with Gasteiger partial charge in [-0.25, -0.2) is 4.79 Å². The second-order valence-electron chi connectivity index (χ2n) is 7.40. The van der Waals surface area contributed by atoms with Crippen LogP contribution in [0.4, 0.5) is 0 Å². The molecule has 1 aromatic heterocycles. The van der Waals surface area contributed by atoms with Crippen molar-refractivity contribution in [2.75, 3.05) is 0 Å². The van der Waals surface area contributed by atoms with Gasteiger partial charge in [0.15, 0.2) is 0 Å². The highest BCUT2D eigenvalue weighted by Gasteiger charge is 2.31. The molecule has 10 nitrogen and oxygen atoms in total. The minimum absolute atomic E-state index is 0.235. The van der Waals surface area contributed by atoms with Crippen molar-refractivity contribution in [1.82, 2.24) is 15.6 Å². The number of benzene rings is 1. The Morgan fingerprint density at radius 3 is 2.33 bits per heavy atom. The van der Waals surface area contributed by atoms with Crippen LogP contribution < -0.4 is 16.4 Å². The Bertz CT molecular complexity index is 938.